The molecule has 0 unspecified atom stereocenters. The van der Waals surface area contributed by atoms with Gasteiger partial charge in [0.25, 0.3) is 0 Å². The monoisotopic (exact) mass is 1080 g/mol. The Labute approximate surface area is 431 Å². The van der Waals surface area contributed by atoms with Gasteiger partial charge in [0.15, 0.2) is 0 Å². The zero-order chi connectivity index (χ0) is 50.4. The molecule has 0 fully saturated rings. The van der Waals surface area contributed by atoms with Gasteiger partial charge in [-0.1, -0.05) is 239 Å². The number of hydrogen-bond donors (Lipinski definition) is 0. The Bertz CT molecular complexity index is 2260. The van der Waals surface area contributed by atoms with Gasteiger partial charge in [-0.25, -0.2) is 0 Å². The molecule has 0 aliphatic carbocycles. The Balaban J connectivity index is 0.000000313. The van der Waals surface area contributed by atoms with E-state index < -0.39 is 53.1 Å². The fraction of sp³-hybridized carbons (Fsp3) is 0.483. The Morgan fingerprint density at radius 1 is 0.470 bits per heavy atom. The third kappa shape index (κ3) is 15.8. The van der Waals surface area contributed by atoms with Crippen LogP contribution in [0.4, 0.5) is 0 Å². The van der Waals surface area contributed by atoms with Crippen LogP contribution in [0.15, 0.2) is 84.9 Å². The first-order valence-electron chi connectivity index (χ1n) is 24.6. The second-order valence-electron chi connectivity index (χ2n) is 24.9. The van der Waals surface area contributed by atoms with Crippen LogP contribution in [0.3, 0.4) is 0 Å². The van der Waals surface area contributed by atoms with Crippen LogP contribution < -0.4 is 20.7 Å². The van der Waals surface area contributed by atoms with Gasteiger partial charge in [-0.15, -0.1) is 69.1 Å². The van der Waals surface area contributed by atoms with Gasteiger partial charge in [0.2, 0.25) is 0 Å². The molecular weight excluding hydrogens is 999 g/mol. The number of fused-ring (bicyclic) bond motifs is 2. The van der Waals surface area contributed by atoms with Gasteiger partial charge in [-0.05, 0) is 34.8 Å². The molecule has 0 spiro atoms. The van der Waals surface area contributed by atoms with E-state index in [0.29, 0.717) is 0 Å². The van der Waals surface area contributed by atoms with Gasteiger partial charge in [0, 0.05) is 9.52 Å². The van der Waals surface area contributed by atoms with Crippen LogP contribution in [0.2, 0.25) is 91.7 Å². The molecule has 8 heteroatoms. The first-order chi connectivity index (χ1) is 30.3. The third-order valence-electron chi connectivity index (χ3n) is 12.6. The standard InChI is InChI=1S/2C28H41Si2.C2H6Si.2ClH.Zr/c2*1-11-12-20-13-14-21-15-23(28(2,3)4)18-26(21)27(20)22-16-24(29(5,6)7)19-25(17-22)30(8,9)10;1-3-2;;;/h2*13-19H,11-12H2,1-10H3;1-2H3;2*1H;/q2*-1;;;;+4/p-2. The molecule has 0 bridgehead atoms. The summed E-state index contributed by atoms with van der Waals surface area (Å²) in [5.74, 6) is 0. The summed E-state index contributed by atoms with van der Waals surface area (Å²) in [6, 6.07) is 34.5. The summed E-state index contributed by atoms with van der Waals surface area (Å²) in [7, 11) is 5.30. The van der Waals surface area contributed by atoms with Crippen LogP contribution in [0.1, 0.15) is 90.5 Å². The normalized spacial score (nSPS) is 12.5. The van der Waals surface area contributed by atoms with E-state index in [1.165, 1.54) is 78.9 Å². The van der Waals surface area contributed by atoms with E-state index in [-0.39, 0.29) is 10.8 Å². The van der Waals surface area contributed by atoms with Crippen molar-refractivity contribution in [2.24, 2.45) is 0 Å². The molecule has 0 saturated heterocycles. The zero-order valence-electron chi connectivity index (χ0n) is 45.7. The molecule has 2 radical (unpaired) electrons. The minimum absolute atomic E-state index is 0.171. The van der Waals surface area contributed by atoms with Crippen molar-refractivity contribution in [2.45, 2.75) is 184 Å². The minimum atomic E-state index is -1.41. The Morgan fingerprint density at radius 2 is 0.727 bits per heavy atom. The third-order valence-corrected chi connectivity index (χ3v) is 20.7. The topological polar surface area (TPSA) is 0 Å². The number of aryl methyl sites for hydroxylation is 2. The van der Waals surface area contributed by atoms with Crippen molar-refractivity contribution >= 4 is 101 Å². The molecule has 0 heterocycles. The quantitative estimate of drug-likeness (QED) is 0.0947. The summed E-state index contributed by atoms with van der Waals surface area (Å²) in [5, 5.41) is 12.1. The average molecular weight is 1090 g/mol. The predicted octanol–water partition coefficient (Wildman–Crippen LogP) is 17.3. The first kappa shape index (κ1) is 59.0. The molecule has 0 aromatic heterocycles. The van der Waals surface area contributed by atoms with Crippen molar-refractivity contribution < 1.29 is 20.8 Å². The van der Waals surface area contributed by atoms with Crippen molar-refractivity contribution in [2.75, 3.05) is 0 Å². The van der Waals surface area contributed by atoms with Crippen LogP contribution >= 0.6 is 17.0 Å². The SMILES string of the molecule is CCCc1ccc2[cH-]c(C(C)(C)C)cc2c1-c1cc([Si](C)(C)C)cc([Si](C)(C)C)c1.CCCc1ccc2[cH-]c(C(C)(C)C)cc2c1-c1cc([Si](C)(C)C)cc([Si](C)(C)C)c1.C[Si]C.[Cl][Zr+2][Cl]. The fourth-order valence-corrected chi connectivity index (χ4v) is 13.4. The number of hydrogen-bond acceptors (Lipinski definition) is 0. The second-order valence-corrected chi connectivity index (χ2v) is 49.9. The van der Waals surface area contributed by atoms with Crippen molar-refractivity contribution in [3.8, 4) is 22.3 Å². The van der Waals surface area contributed by atoms with Crippen molar-refractivity contribution in [1.29, 1.82) is 0 Å². The molecule has 0 N–H and O–H groups in total. The maximum atomic E-state index is 4.93. The molecule has 6 aromatic rings. The van der Waals surface area contributed by atoms with Crippen molar-refractivity contribution in [1.82, 2.24) is 0 Å². The van der Waals surface area contributed by atoms with E-state index in [9.17, 15) is 0 Å². The van der Waals surface area contributed by atoms with E-state index in [2.05, 4.69) is 232 Å². The van der Waals surface area contributed by atoms with E-state index in [4.69, 9.17) is 17.0 Å². The molecular formula is C58H88Cl2Si5Zr. The molecule has 66 heavy (non-hydrogen) atoms. The molecule has 0 aliphatic heterocycles. The molecule has 6 aromatic carbocycles. The number of halogens is 2. The number of benzene rings is 4. The average Bonchev–Trinajstić information content (AvgIpc) is 3.83. The molecule has 0 amide bonds. The van der Waals surface area contributed by atoms with Crippen LogP contribution in [0.25, 0.3) is 43.8 Å². The molecule has 0 atom stereocenters. The van der Waals surface area contributed by atoms with Crippen LogP contribution in [0, 0.1) is 0 Å². The maximum absolute atomic E-state index is 4.93. The summed E-state index contributed by atoms with van der Waals surface area (Å²) in [5.41, 5.74) is 12.1. The van der Waals surface area contributed by atoms with Gasteiger partial charge >= 0.3 is 37.9 Å². The number of rotatable bonds is 10. The van der Waals surface area contributed by atoms with Gasteiger partial charge in [0.05, 0.1) is 32.3 Å². The van der Waals surface area contributed by atoms with E-state index in [1.807, 2.05) is 0 Å². The molecule has 358 valence electrons. The first-order valence-corrected chi connectivity index (χ1v) is 46.9. The van der Waals surface area contributed by atoms with E-state index in [1.54, 1.807) is 20.7 Å². The summed E-state index contributed by atoms with van der Waals surface area (Å²) < 4.78 is 0. The van der Waals surface area contributed by atoms with Gasteiger partial charge in [0.1, 0.15) is 0 Å². The molecule has 6 rings (SSSR count). The van der Waals surface area contributed by atoms with Crippen molar-refractivity contribution in [3.63, 3.8) is 0 Å². The van der Waals surface area contributed by atoms with E-state index >= 15 is 0 Å². The van der Waals surface area contributed by atoms with Crippen LogP contribution in [-0.2, 0) is 44.5 Å². The van der Waals surface area contributed by atoms with Gasteiger partial charge in [-0.3, -0.25) is 0 Å². The Morgan fingerprint density at radius 3 is 0.939 bits per heavy atom. The Kier molecular flexibility index (Phi) is 21.2. The summed E-state index contributed by atoms with van der Waals surface area (Å²) in [4.78, 5) is 0. The van der Waals surface area contributed by atoms with Crippen molar-refractivity contribution in [3.05, 3.63) is 107 Å². The van der Waals surface area contributed by atoms with Crippen LogP contribution in [-0.4, -0.2) is 41.8 Å². The molecule has 0 aliphatic rings. The fourth-order valence-electron chi connectivity index (χ4n) is 8.43. The molecule has 0 nitrogen and oxygen atoms in total. The summed E-state index contributed by atoms with van der Waals surface area (Å²) in [6.07, 6.45) is 4.64. The summed E-state index contributed by atoms with van der Waals surface area (Å²) >= 11 is -0.826. The van der Waals surface area contributed by atoms with Crippen LogP contribution in [0.5, 0.6) is 0 Å². The molecule has 0 saturated carbocycles. The Hall–Kier alpha value is -1.35. The second kappa shape index (κ2) is 23.7. The van der Waals surface area contributed by atoms with Gasteiger partial charge in [-0.2, -0.15) is 12.1 Å². The zero-order valence-corrected chi connectivity index (χ0v) is 54.6. The predicted molar refractivity (Wildman–Crippen MR) is 316 cm³/mol. The van der Waals surface area contributed by atoms with Gasteiger partial charge < -0.3 is 0 Å². The summed E-state index contributed by atoms with van der Waals surface area (Å²) in [6.45, 7) is 52.6. The van der Waals surface area contributed by atoms with E-state index in [0.717, 1.165) is 22.4 Å².